The van der Waals surface area contributed by atoms with Crippen molar-refractivity contribution >= 4 is 17.5 Å². The molecule has 21 heavy (non-hydrogen) atoms. The first kappa shape index (κ1) is 14.7. The maximum atomic E-state index is 11.8. The molecule has 2 rings (SSSR count). The minimum atomic E-state index is -0.323. The molecule has 0 fully saturated rings. The summed E-state index contributed by atoms with van der Waals surface area (Å²) in [5.41, 5.74) is 2.63. The van der Waals surface area contributed by atoms with E-state index < -0.39 is 0 Å². The molecular formula is C16H17N3O2. The highest BCUT2D eigenvalue weighted by Gasteiger charge is 2.10. The molecular weight excluding hydrogens is 266 g/mol. The fourth-order valence-electron chi connectivity index (χ4n) is 1.82. The topological polar surface area (TPSA) is 71.1 Å². The molecule has 0 saturated heterocycles. The van der Waals surface area contributed by atoms with Crippen LogP contribution in [0, 0.1) is 6.92 Å². The van der Waals surface area contributed by atoms with Crippen molar-refractivity contribution in [2.45, 2.75) is 19.9 Å². The van der Waals surface area contributed by atoms with Crippen LogP contribution in [-0.4, -0.2) is 16.8 Å². The zero-order chi connectivity index (χ0) is 15.1. The van der Waals surface area contributed by atoms with Crippen molar-refractivity contribution in [3.63, 3.8) is 0 Å². The number of carbonyl (C=O) groups is 2. The summed E-state index contributed by atoms with van der Waals surface area (Å²) in [5, 5.41) is 5.43. The predicted octanol–water partition coefficient (Wildman–Crippen LogP) is 2.04. The molecule has 5 heteroatoms. The van der Waals surface area contributed by atoms with Gasteiger partial charge in [-0.2, -0.15) is 0 Å². The number of carbonyl (C=O) groups excluding carboxylic acids is 2. The summed E-state index contributed by atoms with van der Waals surface area (Å²) in [4.78, 5) is 27.4. The summed E-state index contributed by atoms with van der Waals surface area (Å²) in [7, 11) is 0. The summed E-state index contributed by atoms with van der Waals surface area (Å²) >= 11 is 0. The number of nitrogens with one attached hydrogen (secondary N) is 2. The third kappa shape index (κ3) is 4.72. The SMILES string of the molecule is Cc1ccccc1NC(=O)CC(=O)NCc1ccncc1. The molecule has 0 aliphatic rings. The van der Waals surface area contributed by atoms with Crippen molar-refractivity contribution in [3.8, 4) is 0 Å². The standard InChI is InChI=1S/C16H17N3O2/c1-12-4-2-3-5-14(12)19-16(21)10-15(20)18-11-13-6-8-17-9-7-13/h2-9H,10-11H2,1H3,(H,18,20)(H,19,21). The van der Waals surface area contributed by atoms with E-state index in [0.29, 0.717) is 6.54 Å². The molecule has 0 radical (unpaired) electrons. The summed E-state index contributed by atoms with van der Waals surface area (Å²) in [6.07, 6.45) is 3.12. The first-order chi connectivity index (χ1) is 10.1. The Morgan fingerprint density at radius 2 is 1.76 bits per heavy atom. The van der Waals surface area contributed by atoms with Crippen LogP contribution < -0.4 is 10.6 Å². The van der Waals surface area contributed by atoms with Gasteiger partial charge >= 0.3 is 0 Å². The van der Waals surface area contributed by atoms with Crippen LogP contribution in [0.1, 0.15) is 17.5 Å². The summed E-state index contributed by atoms with van der Waals surface area (Å²) in [6.45, 7) is 2.29. The van der Waals surface area contributed by atoms with E-state index in [0.717, 1.165) is 16.8 Å². The van der Waals surface area contributed by atoms with Gasteiger partial charge in [0.05, 0.1) is 0 Å². The van der Waals surface area contributed by atoms with Gasteiger partial charge in [0.15, 0.2) is 0 Å². The highest BCUT2D eigenvalue weighted by molar-refractivity contribution is 6.03. The second-order valence-corrected chi connectivity index (χ2v) is 4.67. The third-order valence-electron chi connectivity index (χ3n) is 2.98. The van der Waals surface area contributed by atoms with E-state index in [2.05, 4.69) is 15.6 Å². The number of aromatic nitrogens is 1. The van der Waals surface area contributed by atoms with Gasteiger partial charge in [0.1, 0.15) is 6.42 Å². The van der Waals surface area contributed by atoms with Crippen LogP contribution in [0.4, 0.5) is 5.69 Å². The Morgan fingerprint density at radius 3 is 2.48 bits per heavy atom. The van der Waals surface area contributed by atoms with Gasteiger partial charge in [0.2, 0.25) is 11.8 Å². The lowest BCUT2D eigenvalue weighted by molar-refractivity contribution is -0.126. The van der Waals surface area contributed by atoms with Crippen molar-refractivity contribution in [3.05, 3.63) is 59.9 Å². The van der Waals surface area contributed by atoms with Crippen molar-refractivity contribution in [1.82, 2.24) is 10.3 Å². The highest BCUT2D eigenvalue weighted by atomic mass is 16.2. The fourth-order valence-corrected chi connectivity index (χ4v) is 1.82. The van der Waals surface area contributed by atoms with Gasteiger partial charge < -0.3 is 10.6 Å². The molecule has 0 spiro atoms. The Bertz CT molecular complexity index is 626. The molecule has 1 aromatic heterocycles. The number of rotatable bonds is 5. The first-order valence-electron chi connectivity index (χ1n) is 6.66. The molecule has 0 unspecified atom stereocenters. The molecule has 0 saturated carbocycles. The maximum Gasteiger partial charge on any atom is 0.233 e. The van der Waals surface area contributed by atoms with Crippen molar-refractivity contribution in [2.75, 3.05) is 5.32 Å². The number of nitrogens with zero attached hydrogens (tertiary/aromatic N) is 1. The molecule has 1 aromatic carbocycles. The predicted molar refractivity (Wildman–Crippen MR) is 80.5 cm³/mol. The number of hydrogen-bond donors (Lipinski definition) is 2. The Morgan fingerprint density at radius 1 is 1.05 bits per heavy atom. The number of amides is 2. The summed E-state index contributed by atoms with van der Waals surface area (Å²) < 4.78 is 0. The molecule has 0 atom stereocenters. The van der Waals surface area contributed by atoms with Gasteiger partial charge in [0, 0.05) is 24.6 Å². The van der Waals surface area contributed by atoms with Crippen LogP contribution in [0.3, 0.4) is 0 Å². The van der Waals surface area contributed by atoms with Gasteiger partial charge in [-0.1, -0.05) is 18.2 Å². The normalized spacial score (nSPS) is 9.95. The van der Waals surface area contributed by atoms with Gasteiger partial charge in [-0.25, -0.2) is 0 Å². The van der Waals surface area contributed by atoms with Crippen LogP contribution in [0.5, 0.6) is 0 Å². The van der Waals surface area contributed by atoms with E-state index >= 15 is 0 Å². The first-order valence-corrected chi connectivity index (χ1v) is 6.66. The number of aryl methyl sites for hydroxylation is 1. The van der Waals surface area contributed by atoms with Crippen LogP contribution >= 0.6 is 0 Å². The monoisotopic (exact) mass is 283 g/mol. The zero-order valence-corrected chi connectivity index (χ0v) is 11.8. The number of hydrogen-bond acceptors (Lipinski definition) is 3. The van der Waals surface area contributed by atoms with Gasteiger partial charge in [-0.05, 0) is 36.2 Å². The lowest BCUT2D eigenvalue weighted by atomic mass is 10.2. The molecule has 2 N–H and O–H groups in total. The maximum absolute atomic E-state index is 11.8. The second kappa shape index (κ2) is 7.19. The largest absolute Gasteiger partial charge is 0.352 e. The molecule has 108 valence electrons. The van der Waals surface area contributed by atoms with E-state index in [4.69, 9.17) is 0 Å². The Hall–Kier alpha value is -2.69. The molecule has 2 aromatic rings. The summed E-state index contributed by atoms with van der Waals surface area (Å²) in [5.74, 6) is -0.630. The Balaban J connectivity index is 1.80. The average Bonchev–Trinajstić information content (AvgIpc) is 2.48. The lowest BCUT2D eigenvalue weighted by Crippen LogP contribution is -2.27. The molecule has 0 bridgehead atoms. The number of benzene rings is 1. The third-order valence-corrected chi connectivity index (χ3v) is 2.98. The van der Waals surface area contributed by atoms with Crippen molar-refractivity contribution in [2.24, 2.45) is 0 Å². The van der Waals surface area contributed by atoms with Crippen molar-refractivity contribution in [1.29, 1.82) is 0 Å². The van der Waals surface area contributed by atoms with Gasteiger partial charge in [-0.3, -0.25) is 14.6 Å². The van der Waals surface area contributed by atoms with Crippen LogP contribution in [0.15, 0.2) is 48.8 Å². The van der Waals surface area contributed by atoms with Crippen LogP contribution in [0.2, 0.25) is 0 Å². The van der Waals surface area contributed by atoms with Crippen molar-refractivity contribution < 1.29 is 9.59 Å². The van der Waals surface area contributed by atoms with E-state index in [1.165, 1.54) is 0 Å². The van der Waals surface area contributed by atoms with E-state index in [1.807, 2.05) is 43.3 Å². The smallest absolute Gasteiger partial charge is 0.233 e. The second-order valence-electron chi connectivity index (χ2n) is 4.67. The van der Waals surface area contributed by atoms with E-state index in [1.54, 1.807) is 12.4 Å². The minimum Gasteiger partial charge on any atom is -0.352 e. The molecule has 2 amide bonds. The van der Waals surface area contributed by atoms with Gasteiger partial charge in [0.25, 0.3) is 0 Å². The Kier molecular flexibility index (Phi) is 5.04. The van der Waals surface area contributed by atoms with Crippen LogP contribution in [-0.2, 0) is 16.1 Å². The Labute approximate surface area is 123 Å². The number of para-hydroxylation sites is 1. The van der Waals surface area contributed by atoms with Crippen LogP contribution in [0.25, 0.3) is 0 Å². The quantitative estimate of drug-likeness (QED) is 0.825. The minimum absolute atomic E-state index is 0.195. The summed E-state index contributed by atoms with van der Waals surface area (Å²) in [6, 6.07) is 11.1. The molecule has 0 aliphatic heterocycles. The lowest BCUT2D eigenvalue weighted by Gasteiger charge is -2.08. The zero-order valence-electron chi connectivity index (χ0n) is 11.8. The fraction of sp³-hybridized carbons (Fsp3) is 0.188. The number of anilines is 1. The average molecular weight is 283 g/mol. The van der Waals surface area contributed by atoms with Gasteiger partial charge in [-0.15, -0.1) is 0 Å². The van der Waals surface area contributed by atoms with E-state index in [9.17, 15) is 9.59 Å². The molecule has 0 aliphatic carbocycles. The highest BCUT2D eigenvalue weighted by Crippen LogP contribution is 2.13. The molecule has 5 nitrogen and oxygen atoms in total. The number of pyridine rings is 1. The van der Waals surface area contributed by atoms with E-state index in [-0.39, 0.29) is 18.2 Å². The molecule has 1 heterocycles.